The largest absolute Gasteiger partial charge is 0.481 e. The van der Waals surface area contributed by atoms with E-state index in [1.54, 1.807) is 23.9 Å². The number of ether oxygens (including phenoxy) is 1. The summed E-state index contributed by atoms with van der Waals surface area (Å²) in [4.78, 5) is 0. The van der Waals surface area contributed by atoms with Crippen LogP contribution in [-0.4, -0.2) is 16.9 Å². The lowest BCUT2D eigenvalue weighted by Crippen LogP contribution is -2.04. The summed E-state index contributed by atoms with van der Waals surface area (Å²) in [5.74, 6) is 0.434. The number of halogens is 1. The van der Waals surface area contributed by atoms with E-state index in [0.29, 0.717) is 18.1 Å². The van der Waals surface area contributed by atoms with Crippen LogP contribution in [0.5, 0.6) is 5.88 Å². The highest BCUT2D eigenvalue weighted by Crippen LogP contribution is 2.23. The highest BCUT2D eigenvalue weighted by atomic mass is 19.1. The van der Waals surface area contributed by atoms with Crippen molar-refractivity contribution in [2.24, 2.45) is 7.05 Å². The number of aryl methyl sites for hydroxylation is 3. The van der Waals surface area contributed by atoms with E-state index in [-0.39, 0.29) is 5.82 Å². The van der Waals surface area contributed by atoms with Crippen LogP contribution in [0.3, 0.4) is 0 Å². The minimum absolute atomic E-state index is 0.258. The average molecular weight is 263 g/mol. The Morgan fingerprint density at radius 2 is 2.11 bits per heavy atom. The number of methoxy groups -OCH3 is 1. The van der Waals surface area contributed by atoms with Crippen molar-refractivity contribution in [1.82, 2.24) is 9.78 Å². The first-order valence-corrected chi connectivity index (χ1v) is 6.09. The smallest absolute Gasteiger partial charge is 0.216 e. The van der Waals surface area contributed by atoms with Crippen molar-refractivity contribution in [1.29, 1.82) is 0 Å². The molecular weight excluding hydrogens is 245 g/mol. The molecule has 0 unspecified atom stereocenters. The molecular formula is C14H18FN3O. The maximum atomic E-state index is 13.6. The molecule has 0 fully saturated rings. The van der Waals surface area contributed by atoms with E-state index in [1.165, 1.54) is 6.07 Å². The van der Waals surface area contributed by atoms with Crippen LogP contribution in [0.15, 0.2) is 18.2 Å². The van der Waals surface area contributed by atoms with Gasteiger partial charge in [0.2, 0.25) is 5.88 Å². The second-order valence-corrected chi connectivity index (χ2v) is 4.53. The van der Waals surface area contributed by atoms with Gasteiger partial charge in [0.25, 0.3) is 0 Å². The van der Waals surface area contributed by atoms with Crippen molar-refractivity contribution in [2.45, 2.75) is 20.4 Å². The molecule has 0 saturated heterocycles. The van der Waals surface area contributed by atoms with E-state index >= 15 is 0 Å². The monoisotopic (exact) mass is 263 g/mol. The first kappa shape index (κ1) is 13.4. The van der Waals surface area contributed by atoms with Gasteiger partial charge in [-0.15, -0.1) is 0 Å². The Labute approximate surface area is 112 Å². The van der Waals surface area contributed by atoms with Gasteiger partial charge in [-0.2, -0.15) is 5.10 Å². The van der Waals surface area contributed by atoms with E-state index in [2.05, 4.69) is 10.4 Å². The van der Waals surface area contributed by atoms with Gasteiger partial charge < -0.3 is 10.1 Å². The summed E-state index contributed by atoms with van der Waals surface area (Å²) < 4.78 is 20.6. The molecule has 4 nitrogen and oxygen atoms in total. The topological polar surface area (TPSA) is 39.1 Å². The lowest BCUT2D eigenvalue weighted by molar-refractivity contribution is 0.369. The minimum Gasteiger partial charge on any atom is -0.481 e. The van der Waals surface area contributed by atoms with Gasteiger partial charge in [0.15, 0.2) is 0 Å². The second-order valence-electron chi connectivity index (χ2n) is 4.53. The van der Waals surface area contributed by atoms with E-state index in [0.717, 1.165) is 16.8 Å². The van der Waals surface area contributed by atoms with Crippen LogP contribution in [0.4, 0.5) is 10.1 Å². The Balaban J connectivity index is 2.21. The molecule has 0 aliphatic rings. The molecule has 0 atom stereocenters. The minimum atomic E-state index is -0.258. The first-order valence-electron chi connectivity index (χ1n) is 6.09. The van der Waals surface area contributed by atoms with Crippen molar-refractivity contribution in [3.05, 3.63) is 40.8 Å². The molecule has 5 heteroatoms. The molecule has 0 aliphatic carbocycles. The maximum Gasteiger partial charge on any atom is 0.216 e. The van der Waals surface area contributed by atoms with E-state index in [9.17, 15) is 4.39 Å². The summed E-state index contributed by atoms with van der Waals surface area (Å²) in [6.07, 6.45) is 0. The van der Waals surface area contributed by atoms with Crippen molar-refractivity contribution in [3.8, 4) is 5.88 Å². The number of hydrogen-bond acceptors (Lipinski definition) is 3. The van der Waals surface area contributed by atoms with Gasteiger partial charge in [0.05, 0.1) is 24.1 Å². The molecule has 19 heavy (non-hydrogen) atoms. The third kappa shape index (κ3) is 2.70. The van der Waals surface area contributed by atoms with E-state index < -0.39 is 0 Å². The van der Waals surface area contributed by atoms with Gasteiger partial charge in [-0.1, -0.05) is 6.07 Å². The van der Waals surface area contributed by atoms with Gasteiger partial charge in [0, 0.05) is 13.6 Å². The van der Waals surface area contributed by atoms with Gasteiger partial charge in [-0.25, -0.2) is 9.07 Å². The number of nitrogens with one attached hydrogen (secondary N) is 1. The highest BCUT2D eigenvalue weighted by molar-refractivity contribution is 5.48. The lowest BCUT2D eigenvalue weighted by atomic mass is 10.2. The number of hydrogen-bond donors (Lipinski definition) is 1. The van der Waals surface area contributed by atoms with Gasteiger partial charge in [0.1, 0.15) is 5.82 Å². The summed E-state index contributed by atoms with van der Waals surface area (Å²) in [5, 5.41) is 7.38. The van der Waals surface area contributed by atoms with Gasteiger partial charge in [-0.3, -0.25) is 0 Å². The number of nitrogens with zero attached hydrogens (tertiary/aromatic N) is 2. The third-order valence-corrected chi connectivity index (χ3v) is 3.06. The molecule has 0 saturated carbocycles. The second kappa shape index (κ2) is 5.30. The first-order chi connectivity index (χ1) is 9.02. The van der Waals surface area contributed by atoms with Crippen LogP contribution >= 0.6 is 0 Å². The molecule has 0 bridgehead atoms. The standard InChI is InChI=1S/C14H18FN3O/c1-9-5-6-12(15)13(7-9)16-8-11-10(2)17-18(3)14(11)19-4/h5-7,16H,8H2,1-4H3. The molecule has 1 aromatic carbocycles. The van der Waals surface area contributed by atoms with Crippen LogP contribution in [0, 0.1) is 19.7 Å². The Kier molecular flexibility index (Phi) is 3.74. The Bertz CT molecular complexity index is 593. The van der Waals surface area contributed by atoms with E-state index in [1.807, 2.05) is 20.9 Å². The zero-order chi connectivity index (χ0) is 14.0. The Morgan fingerprint density at radius 1 is 1.37 bits per heavy atom. The van der Waals surface area contributed by atoms with Crippen molar-refractivity contribution in [3.63, 3.8) is 0 Å². The summed E-state index contributed by atoms with van der Waals surface area (Å²) >= 11 is 0. The molecule has 0 radical (unpaired) electrons. The maximum absolute atomic E-state index is 13.6. The zero-order valence-electron chi connectivity index (χ0n) is 11.6. The predicted molar refractivity (Wildman–Crippen MR) is 73.0 cm³/mol. The molecule has 0 aliphatic heterocycles. The molecule has 1 aromatic heterocycles. The fraction of sp³-hybridized carbons (Fsp3) is 0.357. The lowest BCUT2D eigenvalue weighted by Gasteiger charge is -2.09. The quantitative estimate of drug-likeness (QED) is 0.922. The summed E-state index contributed by atoms with van der Waals surface area (Å²) in [6.45, 7) is 4.32. The van der Waals surface area contributed by atoms with E-state index in [4.69, 9.17) is 4.74 Å². The Hall–Kier alpha value is -2.04. The molecule has 1 heterocycles. The van der Waals surface area contributed by atoms with Crippen LogP contribution in [-0.2, 0) is 13.6 Å². The van der Waals surface area contributed by atoms with Crippen LogP contribution < -0.4 is 10.1 Å². The van der Waals surface area contributed by atoms with Crippen LogP contribution in [0.25, 0.3) is 0 Å². The number of benzene rings is 1. The van der Waals surface area contributed by atoms with Gasteiger partial charge in [-0.05, 0) is 31.5 Å². The molecule has 1 N–H and O–H groups in total. The third-order valence-electron chi connectivity index (χ3n) is 3.06. The van der Waals surface area contributed by atoms with Crippen molar-refractivity contribution < 1.29 is 9.13 Å². The van der Waals surface area contributed by atoms with Crippen molar-refractivity contribution in [2.75, 3.05) is 12.4 Å². The average Bonchev–Trinajstić information content (AvgIpc) is 2.64. The Morgan fingerprint density at radius 3 is 2.79 bits per heavy atom. The number of anilines is 1. The SMILES string of the molecule is COc1c(CNc2cc(C)ccc2F)c(C)nn1C. The van der Waals surface area contributed by atoms with Crippen LogP contribution in [0.2, 0.25) is 0 Å². The normalized spacial score (nSPS) is 10.6. The summed E-state index contributed by atoms with van der Waals surface area (Å²) in [7, 11) is 3.43. The van der Waals surface area contributed by atoms with Crippen LogP contribution in [0.1, 0.15) is 16.8 Å². The number of rotatable bonds is 4. The summed E-state index contributed by atoms with van der Waals surface area (Å²) in [6, 6.07) is 4.99. The molecule has 102 valence electrons. The fourth-order valence-corrected chi connectivity index (χ4v) is 2.10. The molecule has 0 amide bonds. The zero-order valence-corrected chi connectivity index (χ0v) is 11.6. The molecule has 2 aromatic rings. The highest BCUT2D eigenvalue weighted by Gasteiger charge is 2.14. The molecule has 0 spiro atoms. The molecule has 2 rings (SSSR count). The fourth-order valence-electron chi connectivity index (χ4n) is 2.10. The summed E-state index contributed by atoms with van der Waals surface area (Å²) in [5.41, 5.74) is 3.31. The van der Waals surface area contributed by atoms with Crippen molar-refractivity contribution >= 4 is 5.69 Å². The number of aromatic nitrogens is 2. The van der Waals surface area contributed by atoms with Gasteiger partial charge >= 0.3 is 0 Å². The predicted octanol–water partition coefficient (Wildman–Crippen LogP) is 2.80.